The summed E-state index contributed by atoms with van der Waals surface area (Å²) in [5.41, 5.74) is 3.39. The van der Waals surface area contributed by atoms with Crippen molar-refractivity contribution in [3.8, 4) is 5.75 Å². The molecule has 0 aromatic heterocycles. The molecule has 2 aromatic carbocycles. The SMILES string of the molecule is COc1ccc(C=NN)cc1CSc1ccc(C)cc1. The van der Waals surface area contributed by atoms with Crippen molar-refractivity contribution in [2.75, 3.05) is 7.11 Å². The number of ether oxygens (including phenoxy) is 1. The van der Waals surface area contributed by atoms with Crippen LogP contribution in [0.1, 0.15) is 16.7 Å². The standard InChI is InChI=1S/C16H18N2OS/c1-12-3-6-15(7-4-12)20-11-14-9-13(10-18-17)5-8-16(14)19-2/h3-10H,11,17H2,1-2H3. The Bertz CT molecular complexity index is 594. The summed E-state index contributed by atoms with van der Waals surface area (Å²) in [6, 6.07) is 14.5. The zero-order valence-electron chi connectivity index (χ0n) is 11.7. The Balaban J connectivity index is 2.14. The number of benzene rings is 2. The van der Waals surface area contributed by atoms with Crippen molar-refractivity contribution in [1.82, 2.24) is 0 Å². The van der Waals surface area contributed by atoms with Gasteiger partial charge in [-0.3, -0.25) is 0 Å². The molecule has 20 heavy (non-hydrogen) atoms. The highest BCUT2D eigenvalue weighted by Gasteiger charge is 2.05. The zero-order chi connectivity index (χ0) is 14.4. The zero-order valence-corrected chi connectivity index (χ0v) is 12.5. The van der Waals surface area contributed by atoms with Gasteiger partial charge in [0.05, 0.1) is 13.3 Å². The number of aryl methyl sites for hydroxylation is 1. The van der Waals surface area contributed by atoms with Crippen molar-refractivity contribution >= 4 is 18.0 Å². The molecule has 0 aliphatic rings. The molecule has 2 rings (SSSR count). The first-order chi connectivity index (χ1) is 9.72. The van der Waals surface area contributed by atoms with E-state index in [0.29, 0.717) is 0 Å². The average molecular weight is 286 g/mol. The molecule has 4 heteroatoms. The van der Waals surface area contributed by atoms with E-state index in [-0.39, 0.29) is 0 Å². The molecule has 0 saturated carbocycles. The minimum atomic E-state index is 0.846. The number of hydrazone groups is 1. The summed E-state index contributed by atoms with van der Waals surface area (Å²) in [4.78, 5) is 1.25. The largest absolute Gasteiger partial charge is 0.496 e. The Kier molecular flexibility index (Phi) is 5.07. The molecule has 0 aliphatic carbocycles. The first kappa shape index (κ1) is 14.5. The van der Waals surface area contributed by atoms with Crippen LogP contribution in [0.25, 0.3) is 0 Å². The van der Waals surface area contributed by atoms with Gasteiger partial charge in [-0.2, -0.15) is 5.10 Å². The van der Waals surface area contributed by atoms with Gasteiger partial charge in [0.25, 0.3) is 0 Å². The maximum Gasteiger partial charge on any atom is 0.122 e. The van der Waals surface area contributed by atoms with Crippen LogP contribution in [0.3, 0.4) is 0 Å². The van der Waals surface area contributed by atoms with Gasteiger partial charge < -0.3 is 10.6 Å². The Hall–Kier alpha value is -1.94. The summed E-state index contributed by atoms with van der Waals surface area (Å²) in [6.45, 7) is 2.09. The predicted octanol–water partition coefficient (Wildman–Crippen LogP) is 3.59. The van der Waals surface area contributed by atoms with Crippen LogP contribution in [0.15, 0.2) is 52.5 Å². The molecule has 0 saturated heterocycles. The van der Waals surface area contributed by atoms with Crippen molar-refractivity contribution in [2.24, 2.45) is 10.9 Å². The Morgan fingerprint density at radius 3 is 2.60 bits per heavy atom. The Morgan fingerprint density at radius 2 is 1.95 bits per heavy atom. The van der Waals surface area contributed by atoms with E-state index < -0.39 is 0 Å². The fourth-order valence-electron chi connectivity index (χ4n) is 1.87. The quantitative estimate of drug-likeness (QED) is 0.395. The normalized spacial score (nSPS) is 10.9. The molecule has 104 valence electrons. The summed E-state index contributed by atoms with van der Waals surface area (Å²) < 4.78 is 5.40. The maximum absolute atomic E-state index is 5.40. The second-order valence-electron chi connectivity index (χ2n) is 4.45. The van der Waals surface area contributed by atoms with Crippen LogP contribution in [0.4, 0.5) is 0 Å². The predicted molar refractivity (Wildman–Crippen MR) is 85.5 cm³/mol. The van der Waals surface area contributed by atoms with Crippen LogP contribution in [0.5, 0.6) is 5.75 Å². The monoisotopic (exact) mass is 286 g/mol. The smallest absolute Gasteiger partial charge is 0.122 e. The first-order valence-electron chi connectivity index (χ1n) is 6.32. The van der Waals surface area contributed by atoms with Crippen molar-refractivity contribution in [2.45, 2.75) is 17.6 Å². The molecule has 0 fully saturated rings. The second-order valence-corrected chi connectivity index (χ2v) is 5.50. The molecule has 3 nitrogen and oxygen atoms in total. The number of hydrogen-bond acceptors (Lipinski definition) is 4. The van der Waals surface area contributed by atoms with Gasteiger partial charge in [-0.05, 0) is 42.8 Å². The van der Waals surface area contributed by atoms with E-state index in [4.69, 9.17) is 10.6 Å². The minimum Gasteiger partial charge on any atom is -0.496 e. The van der Waals surface area contributed by atoms with Crippen molar-refractivity contribution < 1.29 is 4.74 Å². The lowest BCUT2D eigenvalue weighted by atomic mass is 10.1. The number of methoxy groups -OCH3 is 1. The van der Waals surface area contributed by atoms with E-state index in [1.54, 1.807) is 25.1 Å². The number of nitrogens with two attached hydrogens (primary N) is 1. The third kappa shape index (κ3) is 3.78. The van der Waals surface area contributed by atoms with E-state index in [0.717, 1.165) is 22.6 Å². The van der Waals surface area contributed by atoms with Crippen LogP contribution >= 0.6 is 11.8 Å². The lowest BCUT2D eigenvalue weighted by molar-refractivity contribution is 0.411. The van der Waals surface area contributed by atoms with E-state index in [1.807, 2.05) is 12.1 Å². The molecule has 2 N–H and O–H groups in total. The molecule has 0 atom stereocenters. The van der Waals surface area contributed by atoms with Crippen LogP contribution in [0.2, 0.25) is 0 Å². The van der Waals surface area contributed by atoms with Gasteiger partial charge in [0.15, 0.2) is 0 Å². The highest BCUT2D eigenvalue weighted by Crippen LogP contribution is 2.28. The van der Waals surface area contributed by atoms with Gasteiger partial charge in [-0.15, -0.1) is 11.8 Å². The van der Waals surface area contributed by atoms with E-state index in [1.165, 1.54) is 10.5 Å². The number of hydrogen-bond donors (Lipinski definition) is 1. The van der Waals surface area contributed by atoms with Crippen LogP contribution in [-0.4, -0.2) is 13.3 Å². The second kappa shape index (κ2) is 7.01. The topological polar surface area (TPSA) is 47.6 Å². The molecule has 0 bridgehead atoms. The summed E-state index contributed by atoms with van der Waals surface area (Å²) in [6.07, 6.45) is 1.64. The lowest BCUT2D eigenvalue weighted by Crippen LogP contribution is -1.94. The third-order valence-corrected chi connectivity index (χ3v) is 4.00. The first-order valence-corrected chi connectivity index (χ1v) is 7.31. The average Bonchev–Trinajstić information content (AvgIpc) is 2.47. The molecule has 0 aliphatic heterocycles. The van der Waals surface area contributed by atoms with Gasteiger partial charge >= 0.3 is 0 Å². The van der Waals surface area contributed by atoms with E-state index in [9.17, 15) is 0 Å². The number of nitrogens with zero attached hydrogens (tertiary/aromatic N) is 1. The number of thioether (sulfide) groups is 1. The van der Waals surface area contributed by atoms with Gasteiger partial charge in [-0.1, -0.05) is 17.7 Å². The molecule has 2 aromatic rings. The fraction of sp³-hybridized carbons (Fsp3) is 0.188. The molecule has 0 amide bonds. The van der Waals surface area contributed by atoms with Gasteiger partial charge in [-0.25, -0.2) is 0 Å². The van der Waals surface area contributed by atoms with E-state index in [2.05, 4.69) is 42.4 Å². The van der Waals surface area contributed by atoms with Crippen molar-refractivity contribution in [3.05, 3.63) is 59.2 Å². The lowest BCUT2D eigenvalue weighted by Gasteiger charge is -2.09. The molecule has 0 heterocycles. The molecule has 0 radical (unpaired) electrons. The molecule has 0 unspecified atom stereocenters. The number of rotatable bonds is 5. The molecular formula is C16H18N2OS. The Labute approximate surface area is 123 Å². The minimum absolute atomic E-state index is 0.846. The summed E-state index contributed by atoms with van der Waals surface area (Å²) in [5.74, 6) is 6.93. The van der Waals surface area contributed by atoms with Gasteiger partial charge in [0.2, 0.25) is 0 Å². The fourth-order valence-corrected chi connectivity index (χ4v) is 2.75. The summed E-state index contributed by atoms with van der Waals surface area (Å²) >= 11 is 1.78. The third-order valence-electron chi connectivity index (χ3n) is 2.94. The van der Waals surface area contributed by atoms with E-state index >= 15 is 0 Å². The summed E-state index contributed by atoms with van der Waals surface area (Å²) in [5, 5.41) is 3.56. The van der Waals surface area contributed by atoms with Crippen molar-refractivity contribution in [1.29, 1.82) is 0 Å². The summed E-state index contributed by atoms with van der Waals surface area (Å²) in [7, 11) is 1.69. The van der Waals surface area contributed by atoms with Crippen LogP contribution in [0, 0.1) is 6.92 Å². The van der Waals surface area contributed by atoms with Crippen LogP contribution in [-0.2, 0) is 5.75 Å². The highest BCUT2D eigenvalue weighted by molar-refractivity contribution is 7.98. The van der Waals surface area contributed by atoms with Gasteiger partial charge in [0.1, 0.15) is 5.75 Å². The van der Waals surface area contributed by atoms with Crippen molar-refractivity contribution in [3.63, 3.8) is 0 Å². The molecule has 0 spiro atoms. The molecular weight excluding hydrogens is 268 g/mol. The maximum atomic E-state index is 5.40. The van der Waals surface area contributed by atoms with Gasteiger partial charge in [0, 0.05) is 16.2 Å². The van der Waals surface area contributed by atoms with Crippen LogP contribution < -0.4 is 10.6 Å². The Morgan fingerprint density at radius 1 is 1.20 bits per heavy atom. The highest BCUT2D eigenvalue weighted by atomic mass is 32.2.